The van der Waals surface area contributed by atoms with E-state index in [0.717, 1.165) is 32.5 Å². The number of nitrogens with one attached hydrogen (secondary N) is 1. The van der Waals surface area contributed by atoms with E-state index in [-0.39, 0.29) is 12.6 Å². The van der Waals surface area contributed by atoms with Crippen molar-refractivity contribution in [2.24, 2.45) is 11.7 Å². The van der Waals surface area contributed by atoms with Crippen LogP contribution in [0.3, 0.4) is 0 Å². The van der Waals surface area contributed by atoms with Crippen LogP contribution in [-0.4, -0.2) is 48.8 Å². The summed E-state index contributed by atoms with van der Waals surface area (Å²) in [6, 6.07) is -0.313. The maximum Gasteiger partial charge on any atom is 0.314 e. The molecule has 0 aromatic carbocycles. The summed E-state index contributed by atoms with van der Waals surface area (Å²) in [7, 11) is 0. The molecule has 82 valence electrons. The summed E-state index contributed by atoms with van der Waals surface area (Å²) in [5.74, 6) is 0.608. The largest absolute Gasteiger partial charge is 0.395 e. The van der Waals surface area contributed by atoms with Gasteiger partial charge in [0, 0.05) is 19.6 Å². The van der Waals surface area contributed by atoms with E-state index in [9.17, 15) is 4.79 Å². The number of aliphatic hydroxyl groups excluding tert-OH is 1. The van der Waals surface area contributed by atoms with E-state index in [1.165, 1.54) is 0 Å². The third kappa shape index (κ3) is 3.51. The number of carbonyl (C=O) groups is 1. The van der Waals surface area contributed by atoms with Gasteiger partial charge >= 0.3 is 6.03 Å². The Bertz CT molecular complexity index is 179. The normalized spacial score (nSPS) is 18.5. The van der Waals surface area contributed by atoms with Crippen LogP contribution < -0.4 is 11.1 Å². The quantitative estimate of drug-likeness (QED) is 0.529. The number of aliphatic hydroxyl groups is 1. The van der Waals surface area contributed by atoms with Gasteiger partial charge in [0.05, 0.1) is 6.61 Å². The average molecular weight is 201 g/mol. The Kier molecular flexibility index (Phi) is 4.69. The molecule has 5 nitrogen and oxygen atoms in total. The van der Waals surface area contributed by atoms with Crippen LogP contribution in [0, 0.1) is 5.92 Å². The van der Waals surface area contributed by atoms with Gasteiger partial charge in [-0.1, -0.05) is 0 Å². The molecule has 14 heavy (non-hydrogen) atoms. The smallest absolute Gasteiger partial charge is 0.314 e. The Hall–Kier alpha value is -0.810. The Labute approximate surface area is 84.3 Å². The van der Waals surface area contributed by atoms with Crippen LogP contribution in [0.25, 0.3) is 0 Å². The molecule has 0 aromatic heterocycles. The molecule has 5 heteroatoms. The number of hydrogen-bond acceptors (Lipinski definition) is 3. The van der Waals surface area contributed by atoms with Crippen molar-refractivity contribution < 1.29 is 9.90 Å². The minimum absolute atomic E-state index is 0.181. The van der Waals surface area contributed by atoms with Crippen LogP contribution in [0.1, 0.15) is 12.8 Å². The molecule has 1 aliphatic rings. The van der Waals surface area contributed by atoms with Crippen molar-refractivity contribution in [3.8, 4) is 0 Å². The molecular formula is C9H19N3O2. The highest BCUT2D eigenvalue weighted by atomic mass is 16.3. The summed E-state index contributed by atoms with van der Waals surface area (Å²) in [5.41, 5.74) is 5.17. The Morgan fingerprint density at radius 3 is 2.64 bits per heavy atom. The van der Waals surface area contributed by atoms with Crippen molar-refractivity contribution in [3.05, 3.63) is 0 Å². The molecule has 1 fully saturated rings. The van der Waals surface area contributed by atoms with Crippen molar-refractivity contribution in [1.29, 1.82) is 0 Å². The van der Waals surface area contributed by atoms with Crippen LogP contribution in [0.15, 0.2) is 0 Å². The van der Waals surface area contributed by atoms with Gasteiger partial charge in [0.15, 0.2) is 0 Å². The number of likely N-dealkylation sites (tertiary alicyclic amines) is 1. The van der Waals surface area contributed by atoms with Crippen molar-refractivity contribution in [3.63, 3.8) is 0 Å². The standard InChI is InChI=1S/C9H19N3O2/c10-9(14)12-4-1-8(2-5-12)7-11-3-6-13/h8,11,13H,1-7H2,(H2,10,14). The van der Waals surface area contributed by atoms with Gasteiger partial charge in [-0.2, -0.15) is 0 Å². The second-order valence-corrected chi connectivity index (χ2v) is 3.70. The van der Waals surface area contributed by atoms with Crippen LogP contribution in [0.2, 0.25) is 0 Å². The molecule has 0 atom stereocenters. The van der Waals surface area contributed by atoms with E-state index in [4.69, 9.17) is 10.8 Å². The summed E-state index contributed by atoms with van der Waals surface area (Å²) in [6.45, 7) is 3.28. The minimum atomic E-state index is -0.313. The number of primary amides is 1. The number of hydrogen-bond donors (Lipinski definition) is 3. The molecule has 0 unspecified atom stereocenters. The van der Waals surface area contributed by atoms with Gasteiger partial charge in [-0.3, -0.25) is 0 Å². The number of urea groups is 1. The first-order valence-corrected chi connectivity index (χ1v) is 5.10. The molecule has 4 N–H and O–H groups in total. The highest BCUT2D eigenvalue weighted by Crippen LogP contribution is 2.15. The molecule has 0 radical (unpaired) electrons. The molecule has 0 aliphatic carbocycles. The number of piperidine rings is 1. The lowest BCUT2D eigenvalue weighted by molar-refractivity contribution is 0.177. The number of carbonyl (C=O) groups excluding carboxylic acids is 1. The molecule has 0 aromatic rings. The zero-order valence-corrected chi connectivity index (χ0v) is 8.41. The molecule has 0 saturated carbocycles. The fourth-order valence-electron chi connectivity index (χ4n) is 1.74. The fraction of sp³-hybridized carbons (Fsp3) is 0.889. The lowest BCUT2D eigenvalue weighted by Gasteiger charge is -2.30. The maximum absolute atomic E-state index is 10.8. The maximum atomic E-state index is 10.8. The molecular weight excluding hydrogens is 182 g/mol. The summed E-state index contributed by atoms with van der Waals surface area (Å²) >= 11 is 0. The van der Waals surface area contributed by atoms with E-state index in [1.807, 2.05) is 0 Å². The second-order valence-electron chi connectivity index (χ2n) is 3.70. The summed E-state index contributed by atoms with van der Waals surface area (Å²) in [5, 5.41) is 11.7. The lowest BCUT2D eigenvalue weighted by Crippen LogP contribution is -2.43. The average Bonchev–Trinajstić information content (AvgIpc) is 2.19. The fourth-order valence-corrected chi connectivity index (χ4v) is 1.74. The predicted octanol–water partition coefficient (Wildman–Crippen LogP) is -0.641. The molecule has 1 heterocycles. The molecule has 1 saturated heterocycles. The zero-order valence-electron chi connectivity index (χ0n) is 8.41. The highest BCUT2D eigenvalue weighted by molar-refractivity contribution is 5.72. The highest BCUT2D eigenvalue weighted by Gasteiger charge is 2.20. The molecule has 1 rings (SSSR count). The van der Waals surface area contributed by atoms with E-state index in [1.54, 1.807) is 4.90 Å². The van der Waals surface area contributed by atoms with Gasteiger partial charge < -0.3 is 21.1 Å². The van der Waals surface area contributed by atoms with Gasteiger partial charge in [-0.25, -0.2) is 4.79 Å². The van der Waals surface area contributed by atoms with Crippen molar-refractivity contribution in [2.45, 2.75) is 12.8 Å². The van der Waals surface area contributed by atoms with Crippen LogP contribution in [0.5, 0.6) is 0 Å². The minimum Gasteiger partial charge on any atom is -0.395 e. The first kappa shape index (κ1) is 11.3. The SMILES string of the molecule is NC(=O)N1CCC(CNCCO)CC1. The Morgan fingerprint density at radius 2 is 2.14 bits per heavy atom. The third-order valence-electron chi connectivity index (χ3n) is 2.65. The van der Waals surface area contributed by atoms with E-state index < -0.39 is 0 Å². The summed E-state index contributed by atoms with van der Waals surface area (Å²) < 4.78 is 0. The number of nitrogens with two attached hydrogens (primary N) is 1. The zero-order chi connectivity index (χ0) is 10.4. The monoisotopic (exact) mass is 201 g/mol. The summed E-state index contributed by atoms with van der Waals surface area (Å²) in [4.78, 5) is 12.5. The first-order valence-electron chi connectivity index (χ1n) is 5.10. The first-order chi connectivity index (χ1) is 6.74. The van der Waals surface area contributed by atoms with Gasteiger partial charge in [0.1, 0.15) is 0 Å². The van der Waals surface area contributed by atoms with Crippen molar-refractivity contribution >= 4 is 6.03 Å². The van der Waals surface area contributed by atoms with E-state index in [0.29, 0.717) is 12.5 Å². The van der Waals surface area contributed by atoms with Gasteiger partial charge in [0.25, 0.3) is 0 Å². The van der Waals surface area contributed by atoms with Gasteiger partial charge in [-0.05, 0) is 25.3 Å². The van der Waals surface area contributed by atoms with Gasteiger partial charge in [0.2, 0.25) is 0 Å². The van der Waals surface area contributed by atoms with Crippen molar-refractivity contribution in [1.82, 2.24) is 10.2 Å². The van der Waals surface area contributed by atoms with Gasteiger partial charge in [-0.15, -0.1) is 0 Å². The number of nitrogens with zero attached hydrogens (tertiary/aromatic N) is 1. The topological polar surface area (TPSA) is 78.6 Å². The molecule has 1 aliphatic heterocycles. The second kappa shape index (κ2) is 5.82. The Balaban J connectivity index is 2.12. The lowest BCUT2D eigenvalue weighted by atomic mass is 9.97. The number of amides is 2. The van der Waals surface area contributed by atoms with Crippen molar-refractivity contribution in [2.75, 3.05) is 32.8 Å². The third-order valence-corrected chi connectivity index (χ3v) is 2.65. The van der Waals surface area contributed by atoms with E-state index in [2.05, 4.69) is 5.32 Å². The summed E-state index contributed by atoms with van der Waals surface area (Å²) in [6.07, 6.45) is 2.00. The Morgan fingerprint density at radius 1 is 1.50 bits per heavy atom. The molecule has 2 amide bonds. The van der Waals surface area contributed by atoms with Crippen LogP contribution in [0.4, 0.5) is 4.79 Å². The molecule has 0 bridgehead atoms. The predicted molar refractivity (Wildman–Crippen MR) is 53.8 cm³/mol. The number of rotatable bonds is 4. The van der Waals surface area contributed by atoms with Crippen LogP contribution >= 0.6 is 0 Å². The van der Waals surface area contributed by atoms with Crippen LogP contribution in [-0.2, 0) is 0 Å². The van der Waals surface area contributed by atoms with E-state index >= 15 is 0 Å². The molecule has 0 spiro atoms.